The zero-order valence-electron chi connectivity index (χ0n) is 46.5. The van der Waals surface area contributed by atoms with Crippen molar-refractivity contribution in [1.82, 2.24) is 14.5 Å². The number of aryl methyl sites for hydroxylation is 2. The Balaban J connectivity index is 0.00000676. The Kier molecular flexibility index (Phi) is 13.3. The summed E-state index contributed by atoms with van der Waals surface area (Å²) in [6.45, 7) is 42.9. The maximum Gasteiger partial charge on any atom is 2.00 e. The maximum atomic E-state index is 6.74. The number of nitrogens with zero attached hydrogens (tertiary/aromatic N) is 3. The minimum Gasteiger partial charge on any atom is -0.503 e. The molecule has 2 fully saturated rings. The van der Waals surface area contributed by atoms with Crippen molar-refractivity contribution in [2.45, 2.75) is 185 Å². The van der Waals surface area contributed by atoms with Crippen LogP contribution in [0.25, 0.3) is 50.0 Å². The fourth-order valence-electron chi connectivity index (χ4n) is 13.7. The summed E-state index contributed by atoms with van der Waals surface area (Å²) in [7, 11) is 0. The molecular weight excluding hydrogens is 1050 g/mol. The molecule has 2 aliphatic rings. The second kappa shape index (κ2) is 17.8. The Morgan fingerprint density at radius 3 is 1.83 bits per heavy atom. The molecule has 9 rings (SSSR count). The fraction of sp³-hybridized carbons (Fsp3) is 0.485. The van der Waals surface area contributed by atoms with E-state index in [1.54, 1.807) is 0 Å². The van der Waals surface area contributed by atoms with Crippen LogP contribution in [0.4, 0.5) is 0 Å². The summed E-state index contributed by atoms with van der Waals surface area (Å²) in [5.74, 6) is 2.14. The van der Waals surface area contributed by atoms with Crippen LogP contribution in [0.15, 0.2) is 91.3 Å². The first kappa shape index (κ1) is 52.8. The fourth-order valence-corrected chi connectivity index (χ4v) is 13.7. The summed E-state index contributed by atoms with van der Waals surface area (Å²) >= 11 is 0. The zero-order valence-corrected chi connectivity index (χ0v) is 48.7. The first-order valence-electron chi connectivity index (χ1n) is 26.2. The number of hydrogen-bond donors (Lipinski definition) is 0. The van der Waals surface area contributed by atoms with E-state index in [9.17, 15) is 0 Å². The van der Waals surface area contributed by atoms with E-state index in [0.29, 0.717) is 22.3 Å². The van der Waals surface area contributed by atoms with E-state index in [1.807, 2.05) is 18.3 Å². The van der Waals surface area contributed by atoms with Crippen LogP contribution in [0.3, 0.4) is 0 Å². The first-order chi connectivity index (χ1) is 32.4. The van der Waals surface area contributed by atoms with Crippen LogP contribution in [0.2, 0.25) is 0 Å². The molecule has 0 N–H and O–H groups in total. The molecule has 0 bridgehead atoms. The number of benzene rings is 4. The van der Waals surface area contributed by atoms with Crippen LogP contribution in [0, 0.1) is 47.6 Å². The van der Waals surface area contributed by atoms with Crippen molar-refractivity contribution in [2.75, 3.05) is 0 Å². The first-order valence-corrected chi connectivity index (χ1v) is 26.2. The van der Waals surface area contributed by atoms with Gasteiger partial charge < -0.3 is 14.3 Å². The zero-order chi connectivity index (χ0) is 50.8. The van der Waals surface area contributed by atoms with Crippen molar-refractivity contribution in [3.63, 3.8) is 0 Å². The van der Waals surface area contributed by atoms with Crippen LogP contribution in [-0.2, 0) is 42.7 Å². The number of fused-ring (bicyclic) bond motifs is 3. The molecular formula is C66H81N3OPt. The molecule has 0 aliphatic heterocycles. The summed E-state index contributed by atoms with van der Waals surface area (Å²) in [6, 6.07) is 36.7. The Hall–Kier alpha value is -4.53. The number of hydrogen-bond acceptors (Lipinski definition) is 3. The summed E-state index contributed by atoms with van der Waals surface area (Å²) < 4.78 is 9.05. The second-order valence-corrected chi connectivity index (χ2v) is 27.3. The average Bonchev–Trinajstić information content (AvgIpc) is 3.58. The van der Waals surface area contributed by atoms with Crippen molar-refractivity contribution in [3.05, 3.63) is 137 Å². The Morgan fingerprint density at radius 1 is 0.563 bits per heavy atom. The number of pyridine rings is 2. The Morgan fingerprint density at radius 2 is 1.20 bits per heavy atom. The molecule has 7 aromatic rings. The molecule has 0 amide bonds. The molecule has 0 unspecified atom stereocenters. The molecule has 0 saturated heterocycles. The molecule has 2 aliphatic carbocycles. The van der Waals surface area contributed by atoms with Gasteiger partial charge in [-0.2, -0.15) is 6.07 Å². The predicted molar refractivity (Wildman–Crippen MR) is 296 cm³/mol. The molecule has 3 aromatic heterocycles. The van der Waals surface area contributed by atoms with E-state index in [1.165, 1.54) is 82.9 Å². The SMILES string of the molecule is Cc1cc(C2(C)C(C)(C)CC(C)(C)CC2(C)C)ccc1-c1cc(-c2[c-]c(Oc3[c-]c4c(cc3)c3cc(C5(C)CCC(C)(C)CC5)ccc3n4-c3cc(C(C)(C)C)c(C(C)(C)C)cn3)ccc2)ncc1C.[Pt+2]. The van der Waals surface area contributed by atoms with Gasteiger partial charge in [-0.1, -0.05) is 159 Å². The van der Waals surface area contributed by atoms with Crippen LogP contribution >= 0.6 is 0 Å². The topological polar surface area (TPSA) is 39.9 Å². The van der Waals surface area contributed by atoms with Crippen molar-refractivity contribution in [2.24, 2.45) is 21.7 Å². The molecule has 0 atom stereocenters. The van der Waals surface area contributed by atoms with E-state index < -0.39 is 0 Å². The molecule has 71 heavy (non-hydrogen) atoms. The van der Waals surface area contributed by atoms with E-state index in [0.717, 1.165) is 39.1 Å². The monoisotopic (exact) mass is 1130 g/mol. The maximum absolute atomic E-state index is 6.74. The van der Waals surface area contributed by atoms with E-state index in [-0.39, 0.29) is 53.6 Å². The molecule has 2 saturated carbocycles. The van der Waals surface area contributed by atoms with Crippen LogP contribution in [0.1, 0.15) is 183 Å². The Labute approximate surface area is 442 Å². The van der Waals surface area contributed by atoms with Gasteiger partial charge in [0.25, 0.3) is 0 Å². The number of ether oxygens (including phenoxy) is 1. The molecule has 4 nitrogen and oxygen atoms in total. The van der Waals surface area contributed by atoms with E-state index in [2.05, 4.69) is 214 Å². The van der Waals surface area contributed by atoms with Crippen LogP contribution in [-0.4, -0.2) is 14.5 Å². The van der Waals surface area contributed by atoms with Crippen LogP contribution < -0.4 is 4.74 Å². The van der Waals surface area contributed by atoms with Gasteiger partial charge in [0.15, 0.2) is 0 Å². The largest absolute Gasteiger partial charge is 2.00 e. The minimum atomic E-state index is -0.0787. The Bertz CT molecular complexity index is 3130. The van der Waals surface area contributed by atoms with Crippen molar-refractivity contribution < 1.29 is 25.8 Å². The third kappa shape index (κ3) is 9.52. The van der Waals surface area contributed by atoms with Gasteiger partial charge >= 0.3 is 21.1 Å². The van der Waals surface area contributed by atoms with E-state index in [4.69, 9.17) is 14.7 Å². The minimum absolute atomic E-state index is 0. The third-order valence-electron chi connectivity index (χ3n) is 17.8. The molecule has 0 spiro atoms. The van der Waals surface area contributed by atoms with Crippen LogP contribution in [0.5, 0.6) is 11.5 Å². The van der Waals surface area contributed by atoms with Gasteiger partial charge in [0.1, 0.15) is 5.82 Å². The number of rotatable bonds is 7. The molecule has 0 radical (unpaired) electrons. The standard InChI is InChI=1S/C66H81N3O.Pt/c1-42-32-46(66(18)63(13,14)40-62(11,12)41-64(66,15)16)22-25-49(42)51-36-55(67-38-43(51)2)44-20-19-21-47(33-44)70-48-24-26-50-52-34-45(65(17)30-28-61(9,10)29-31-65)23-27-56(52)69(57(50)35-48)58-37-53(59(3,4)5)54(39-68-58)60(6,7)8;/h19-27,32,34,36-39H,28-31,40-41H2,1-18H3;/q-2;+2. The van der Waals surface area contributed by atoms with Crippen molar-refractivity contribution in [1.29, 1.82) is 0 Å². The van der Waals surface area contributed by atoms with Gasteiger partial charge in [-0.05, 0) is 158 Å². The molecule has 5 heteroatoms. The van der Waals surface area contributed by atoms with Gasteiger partial charge in [0, 0.05) is 34.8 Å². The van der Waals surface area contributed by atoms with E-state index >= 15 is 0 Å². The molecule has 3 heterocycles. The molecule has 4 aromatic carbocycles. The van der Waals surface area contributed by atoms with Gasteiger partial charge in [-0.15, -0.1) is 41.3 Å². The number of aromatic nitrogens is 3. The summed E-state index contributed by atoms with van der Waals surface area (Å²) in [6.07, 6.45) is 11.4. The van der Waals surface area contributed by atoms with Gasteiger partial charge in [0.05, 0.1) is 0 Å². The average molecular weight is 1130 g/mol. The quantitative estimate of drug-likeness (QED) is 0.149. The summed E-state index contributed by atoms with van der Waals surface area (Å²) in [5, 5.41) is 2.37. The third-order valence-corrected chi connectivity index (χ3v) is 17.8. The molecule has 376 valence electrons. The van der Waals surface area contributed by atoms with Gasteiger partial charge in [-0.3, -0.25) is 0 Å². The van der Waals surface area contributed by atoms with Crippen molar-refractivity contribution >= 4 is 21.8 Å². The smallest absolute Gasteiger partial charge is 0.503 e. The normalized spacial score (nSPS) is 19.1. The summed E-state index contributed by atoms with van der Waals surface area (Å²) in [4.78, 5) is 10.2. The van der Waals surface area contributed by atoms with Gasteiger partial charge in [0.2, 0.25) is 0 Å². The second-order valence-electron chi connectivity index (χ2n) is 27.3. The van der Waals surface area contributed by atoms with Crippen molar-refractivity contribution in [3.8, 4) is 39.7 Å². The predicted octanol–water partition coefficient (Wildman–Crippen LogP) is 18.5. The summed E-state index contributed by atoms with van der Waals surface area (Å²) in [5.41, 5.74) is 15.1. The van der Waals surface area contributed by atoms with Gasteiger partial charge in [-0.25, -0.2) is 4.98 Å².